The van der Waals surface area contributed by atoms with Gasteiger partial charge in [-0.3, -0.25) is 4.79 Å². The molecule has 2 aromatic rings. The van der Waals surface area contributed by atoms with Gasteiger partial charge in [-0.1, -0.05) is 30.3 Å². The van der Waals surface area contributed by atoms with Crippen LogP contribution in [-0.2, 0) is 4.79 Å². The molecule has 1 amide bonds. The van der Waals surface area contributed by atoms with Crippen LogP contribution in [0.3, 0.4) is 0 Å². The van der Waals surface area contributed by atoms with Gasteiger partial charge in [-0.2, -0.15) is 0 Å². The van der Waals surface area contributed by atoms with Gasteiger partial charge < -0.3 is 10.1 Å². The zero-order valence-electron chi connectivity index (χ0n) is 10.4. The zero-order chi connectivity index (χ0) is 13.5. The zero-order valence-corrected chi connectivity index (χ0v) is 10.4. The van der Waals surface area contributed by atoms with Gasteiger partial charge >= 0.3 is 6.01 Å². The molecule has 0 aliphatic rings. The predicted molar refractivity (Wildman–Crippen MR) is 72.7 cm³/mol. The van der Waals surface area contributed by atoms with E-state index >= 15 is 0 Å². The molecule has 1 heterocycles. The maximum absolute atomic E-state index is 11.7. The van der Waals surface area contributed by atoms with Crippen LogP contribution in [0, 0.1) is 0 Å². The fourth-order valence-corrected chi connectivity index (χ4v) is 1.41. The molecular weight excluding hydrogens is 242 g/mol. The summed E-state index contributed by atoms with van der Waals surface area (Å²) in [5.74, 6) is -0.238. The van der Waals surface area contributed by atoms with Gasteiger partial charge in [-0.25, -0.2) is 9.97 Å². The fourth-order valence-electron chi connectivity index (χ4n) is 1.41. The van der Waals surface area contributed by atoms with Crippen LogP contribution in [0.4, 0.5) is 5.69 Å². The van der Waals surface area contributed by atoms with Gasteiger partial charge in [0, 0.05) is 6.08 Å². The molecule has 0 saturated carbocycles. The highest BCUT2D eigenvalue weighted by Crippen LogP contribution is 2.07. The Bertz CT molecular complexity index is 565. The predicted octanol–water partition coefficient (Wildman–Crippen LogP) is 2.14. The van der Waals surface area contributed by atoms with Gasteiger partial charge in [0.1, 0.15) is 0 Å². The molecule has 5 nitrogen and oxygen atoms in total. The van der Waals surface area contributed by atoms with Crippen LogP contribution in [0.5, 0.6) is 6.01 Å². The van der Waals surface area contributed by atoms with Gasteiger partial charge in [0.05, 0.1) is 25.2 Å². The highest BCUT2D eigenvalue weighted by Gasteiger charge is 2.00. The van der Waals surface area contributed by atoms with Crippen LogP contribution < -0.4 is 10.1 Å². The van der Waals surface area contributed by atoms with Crippen molar-refractivity contribution in [2.24, 2.45) is 0 Å². The number of rotatable bonds is 4. The first kappa shape index (κ1) is 12.8. The molecule has 0 aliphatic carbocycles. The minimum atomic E-state index is -0.238. The number of benzene rings is 1. The van der Waals surface area contributed by atoms with E-state index < -0.39 is 0 Å². The first-order valence-corrected chi connectivity index (χ1v) is 5.68. The molecule has 0 bridgehead atoms. The summed E-state index contributed by atoms with van der Waals surface area (Å²) in [4.78, 5) is 19.4. The fraction of sp³-hybridized carbons (Fsp3) is 0.0714. The number of aromatic nitrogens is 2. The lowest BCUT2D eigenvalue weighted by Gasteiger charge is -2.01. The second kappa shape index (κ2) is 6.30. The van der Waals surface area contributed by atoms with Crippen LogP contribution >= 0.6 is 0 Å². The molecule has 1 aromatic heterocycles. The van der Waals surface area contributed by atoms with Crippen molar-refractivity contribution in [2.45, 2.75) is 0 Å². The Kier molecular flexibility index (Phi) is 4.23. The maximum atomic E-state index is 11.7. The molecule has 0 aliphatic heterocycles. The normalized spacial score (nSPS) is 10.4. The summed E-state index contributed by atoms with van der Waals surface area (Å²) in [5.41, 5.74) is 1.48. The Morgan fingerprint density at radius 1 is 1.21 bits per heavy atom. The third-order valence-electron chi connectivity index (χ3n) is 2.30. The van der Waals surface area contributed by atoms with Crippen molar-refractivity contribution in [2.75, 3.05) is 12.4 Å². The second-order valence-electron chi connectivity index (χ2n) is 3.69. The van der Waals surface area contributed by atoms with Gasteiger partial charge in [0.2, 0.25) is 5.91 Å². The summed E-state index contributed by atoms with van der Waals surface area (Å²) in [6, 6.07) is 9.84. The molecule has 2 rings (SSSR count). The molecule has 0 saturated heterocycles. The second-order valence-corrected chi connectivity index (χ2v) is 3.69. The van der Waals surface area contributed by atoms with Crippen molar-refractivity contribution in [3.05, 3.63) is 54.4 Å². The van der Waals surface area contributed by atoms with Crippen LogP contribution in [0.2, 0.25) is 0 Å². The Labute approximate surface area is 111 Å². The van der Waals surface area contributed by atoms with E-state index in [1.807, 2.05) is 30.3 Å². The minimum Gasteiger partial charge on any atom is -0.467 e. The van der Waals surface area contributed by atoms with Crippen molar-refractivity contribution >= 4 is 17.7 Å². The van der Waals surface area contributed by atoms with E-state index in [0.717, 1.165) is 5.56 Å². The van der Waals surface area contributed by atoms with Crippen molar-refractivity contribution in [1.29, 1.82) is 0 Å². The molecule has 1 aromatic carbocycles. The number of hydrogen-bond donors (Lipinski definition) is 1. The number of anilines is 1. The van der Waals surface area contributed by atoms with Crippen molar-refractivity contribution in [3.63, 3.8) is 0 Å². The van der Waals surface area contributed by atoms with Crippen LogP contribution in [0.1, 0.15) is 5.56 Å². The highest BCUT2D eigenvalue weighted by atomic mass is 16.5. The smallest absolute Gasteiger partial charge is 0.316 e. The standard InChI is InChI=1S/C14H13N3O2/c1-19-14-15-9-12(10-16-14)17-13(18)8-7-11-5-3-2-4-6-11/h2-10H,1H3,(H,17,18)/b8-7+. The average Bonchev–Trinajstić information content (AvgIpc) is 2.47. The van der Waals surface area contributed by atoms with Crippen molar-refractivity contribution in [3.8, 4) is 6.01 Å². The third kappa shape index (κ3) is 3.92. The molecule has 0 atom stereocenters. The van der Waals surface area contributed by atoms with Gasteiger partial charge in [0.15, 0.2) is 0 Å². The van der Waals surface area contributed by atoms with Crippen molar-refractivity contribution < 1.29 is 9.53 Å². The number of amides is 1. The summed E-state index contributed by atoms with van der Waals surface area (Å²) in [5, 5.41) is 2.66. The summed E-state index contributed by atoms with van der Waals surface area (Å²) >= 11 is 0. The first-order valence-electron chi connectivity index (χ1n) is 5.68. The third-order valence-corrected chi connectivity index (χ3v) is 2.30. The molecular formula is C14H13N3O2. The van der Waals surface area contributed by atoms with E-state index in [2.05, 4.69) is 15.3 Å². The van der Waals surface area contributed by atoms with E-state index in [-0.39, 0.29) is 11.9 Å². The number of ether oxygens (including phenoxy) is 1. The van der Waals surface area contributed by atoms with Gasteiger partial charge in [0.25, 0.3) is 0 Å². The van der Waals surface area contributed by atoms with Gasteiger partial charge in [-0.15, -0.1) is 0 Å². The molecule has 19 heavy (non-hydrogen) atoms. The number of hydrogen-bond acceptors (Lipinski definition) is 4. The Balaban J connectivity index is 1.95. The lowest BCUT2D eigenvalue weighted by Crippen LogP contribution is -2.08. The SMILES string of the molecule is COc1ncc(NC(=O)/C=C/c2ccccc2)cn1. The lowest BCUT2D eigenvalue weighted by atomic mass is 10.2. The molecule has 0 spiro atoms. The highest BCUT2D eigenvalue weighted by molar-refractivity contribution is 6.01. The molecule has 0 unspecified atom stereocenters. The summed E-state index contributed by atoms with van der Waals surface area (Å²) in [7, 11) is 1.48. The molecule has 0 fully saturated rings. The van der Waals surface area contributed by atoms with E-state index in [1.165, 1.54) is 25.6 Å². The topological polar surface area (TPSA) is 64.1 Å². The lowest BCUT2D eigenvalue weighted by molar-refractivity contribution is -0.111. The van der Waals surface area contributed by atoms with E-state index in [9.17, 15) is 4.79 Å². The molecule has 5 heteroatoms. The number of methoxy groups -OCH3 is 1. The number of nitrogens with one attached hydrogen (secondary N) is 1. The van der Waals surface area contributed by atoms with Gasteiger partial charge in [-0.05, 0) is 11.6 Å². The summed E-state index contributed by atoms with van der Waals surface area (Å²) in [6.07, 6.45) is 6.17. The van der Waals surface area contributed by atoms with E-state index in [4.69, 9.17) is 4.74 Å². The summed E-state index contributed by atoms with van der Waals surface area (Å²) < 4.78 is 4.83. The largest absolute Gasteiger partial charge is 0.467 e. The van der Waals surface area contributed by atoms with Crippen LogP contribution in [0.15, 0.2) is 48.8 Å². The quantitative estimate of drug-likeness (QED) is 0.850. The monoisotopic (exact) mass is 255 g/mol. The molecule has 1 N–H and O–H groups in total. The number of carbonyl (C=O) groups excluding carboxylic acids is 1. The summed E-state index contributed by atoms with van der Waals surface area (Å²) in [6.45, 7) is 0. The first-order chi connectivity index (χ1) is 9.28. The van der Waals surface area contributed by atoms with Crippen molar-refractivity contribution in [1.82, 2.24) is 9.97 Å². The number of carbonyl (C=O) groups is 1. The Morgan fingerprint density at radius 3 is 2.53 bits per heavy atom. The molecule has 96 valence electrons. The molecule has 0 radical (unpaired) electrons. The Hall–Kier alpha value is -2.69. The maximum Gasteiger partial charge on any atom is 0.316 e. The van der Waals surface area contributed by atoms with Crippen LogP contribution in [-0.4, -0.2) is 23.0 Å². The van der Waals surface area contributed by atoms with E-state index in [0.29, 0.717) is 5.69 Å². The Morgan fingerprint density at radius 2 is 1.89 bits per heavy atom. The average molecular weight is 255 g/mol. The van der Waals surface area contributed by atoms with Crippen LogP contribution in [0.25, 0.3) is 6.08 Å². The minimum absolute atomic E-state index is 0.238. The van der Waals surface area contributed by atoms with E-state index in [1.54, 1.807) is 6.08 Å². The number of nitrogens with zero attached hydrogens (tertiary/aromatic N) is 2.